The summed E-state index contributed by atoms with van der Waals surface area (Å²) >= 11 is 0. The summed E-state index contributed by atoms with van der Waals surface area (Å²) in [7, 11) is 1.52. The summed E-state index contributed by atoms with van der Waals surface area (Å²) in [5.41, 5.74) is 1.71. The maximum absolute atomic E-state index is 11.6. The zero-order valence-electron chi connectivity index (χ0n) is 11.3. The first-order valence-electron chi connectivity index (χ1n) is 5.94. The summed E-state index contributed by atoms with van der Waals surface area (Å²) in [6.45, 7) is 1.24. The number of methoxy groups -OCH3 is 1. The molecular formula is C14H17NO5. The van der Waals surface area contributed by atoms with E-state index in [1.165, 1.54) is 19.3 Å². The van der Waals surface area contributed by atoms with Crippen LogP contribution in [0.3, 0.4) is 0 Å². The third kappa shape index (κ3) is 4.40. The number of hydrogen-bond donors (Lipinski definition) is 3. The number of carbonyl (C=O) groups is 2. The van der Waals surface area contributed by atoms with Crippen LogP contribution in [0.1, 0.15) is 11.1 Å². The van der Waals surface area contributed by atoms with E-state index in [1.54, 1.807) is 6.07 Å². The Balaban J connectivity index is 2.79. The number of aliphatic hydroxyl groups excluding tert-OH is 1. The Kier molecular flexibility index (Phi) is 5.74. The minimum atomic E-state index is -1.31. The fourth-order valence-corrected chi connectivity index (χ4v) is 1.55. The lowest BCUT2D eigenvalue weighted by Crippen LogP contribution is -2.42. The summed E-state index contributed by atoms with van der Waals surface area (Å²) in [5.74, 6) is -1.28. The highest BCUT2D eigenvalue weighted by Crippen LogP contribution is 2.20. The topological polar surface area (TPSA) is 95.9 Å². The predicted molar refractivity (Wildman–Crippen MR) is 73.4 cm³/mol. The van der Waals surface area contributed by atoms with Gasteiger partial charge in [-0.2, -0.15) is 0 Å². The van der Waals surface area contributed by atoms with E-state index in [-0.39, 0.29) is 0 Å². The van der Waals surface area contributed by atoms with Gasteiger partial charge in [-0.1, -0.05) is 11.6 Å². The molecule has 1 atom stereocenters. The van der Waals surface area contributed by atoms with Crippen LogP contribution < -0.4 is 10.1 Å². The van der Waals surface area contributed by atoms with Crippen molar-refractivity contribution in [1.82, 2.24) is 5.32 Å². The Bertz CT molecular complexity index is 524. The lowest BCUT2D eigenvalue weighted by Gasteiger charge is -2.09. The molecule has 1 rings (SSSR count). The van der Waals surface area contributed by atoms with Gasteiger partial charge in [-0.25, -0.2) is 4.79 Å². The normalized spacial score (nSPS) is 12.2. The van der Waals surface area contributed by atoms with Crippen molar-refractivity contribution in [3.8, 4) is 5.75 Å². The Morgan fingerprint density at radius 2 is 2.15 bits per heavy atom. The van der Waals surface area contributed by atoms with Gasteiger partial charge in [-0.3, -0.25) is 4.79 Å². The summed E-state index contributed by atoms with van der Waals surface area (Å²) in [6, 6.07) is 4.18. The fourth-order valence-electron chi connectivity index (χ4n) is 1.55. The van der Waals surface area contributed by atoms with Gasteiger partial charge in [0.2, 0.25) is 5.91 Å². The van der Waals surface area contributed by atoms with Gasteiger partial charge in [0.25, 0.3) is 0 Å². The molecule has 6 nitrogen and oxygen atoms in total. The number of aliphatic carboxylic acids is 1. The van der Waals surface area contributed by atoms with E-state index in [0.29, 0.717) is 11.3 Å². The van der Waals surface area contributed by atoms with Crippen LogP contribution in [0.5, 0.6) is 5.75 Å². The Labute approximate surface area is 116 Å². The molecule has 0 heterocycles. The number of ether oxygens (including phenoxy) is 1. The molecule has 0 unspecified atom stereocenters. The number of carboxylic acids is 1. The van der Waals surface area contributed by atoms with Crippen LogP contribution >= 0.6 is 0 Å². The molecule has 0 saturated heterocycles. The van der Waals surface area contributed by atoms with Gasteiger partial charge in [0, 0.05) is 11.6 Å². The molecule has 3 N–H and O–H groups in total. The number of amides is 1. The smallest absolute Gasteiger partial charge is 0.328 e. The molecule has 108 valence electrons. The highest BCUT2D eigenvalue weighted by atomic mass is 16.5. The molecule has 0 spiro atoms. The maximum Gasteiger partial charge on any atom is 0.328 e. The number of rotatable bonds is 6. The van der Waals surface area contributed by atoms with Gasteiger partial charge in [0.05, 0.1) is 13.7 Å². The van der Waals surface area contributed by atoms with E-state index in [4.69, 9.17) is 14.9 Å². The Morgan fingerprint density at radius 1 is 1.45 bits per heavy atom. The standard InChI is InChI=1S/C14H17NO5/c1-9-3-5-12(20-2)10(7-9)4-6-13(17)15-11(8-16)14(18)19/h3-7,11,16H,8H2,1-2H3,(H,15,17)(H,18,19)/b6-4+/t11-/m1/s1. The molecule has 20 heavy (non-hydrogen) atoms. The Hall–Kier alpha value is -2.34. The summed E-state index contributed by atoms with van der Waals surface area (Å²) in [4.78, 5) is 22.2. The average molecular weight is 279 g/mol. The van der Waals surface area contributed by atoms with E-state index in [1.807, 2.05) is 19.1 Å². The zero-order valence-corrected chi connectivity index (χ0v) is 11.3. The largest absolute Gasteiger partial charge is 0.496 e. The van der Waals surface area contributed by atoms with Crippen LogP contribution in [0.4, 0.5) is 0 Å². The molecule has 0 bridgehead atoms. The molecule has 1 amide bonds. The third-order valence-electron chi connectivity index (χ3n) is 2.60. The second-order valence-corrected chi connectivity index (χ2v) is 4.16. The molecule has 0 fully saturated rings. The van der Waals surface area contributed by atoms with Crippen LogP contribution in [0.25, 0.3) is 6.08 Å². The number of carbonyl (C=O) groups excluding carboxylic acids is 1. The van der Waals surface area contributed by atoms with Gasteiger partial charge >= 0.3 is 5.97 Å². The summed E-state index contributed by atoms with van der Waals surface area (Å²) in [5, 5.41) is 19.7. The Morgan fingerprint density at radius 3 is 2.70 bits per heavy atom. The van der Waals surface area contributed by atoms with Gasteiger partial charge in [0.15, 0.2) is 6.04 Å². The maximum atomic E-state index is 11.6. The molecule has 0 aromatic heterocycles. The first-order valence-corrected chi connectivity index (χ1v) is 5.94. The van der Waals surface area contributed by atoms with Crippen molar-refractivity contribution in [2.75, 3.05) is 13.7 Å². The van der Waals surface area contributed by atoms with Crippen molar-refractivity contribution in [2.45, 2.75) is 13.0 Å². The van der Waals surface area contributed by atoms with E-state index in [0.717, 1.165) is 5.56 Å². The minimum Gasteiger partial charge on any atom is -0.496 e. The second kappa shape index (κ2) is 7.30. The highest BCUT2D eigenvalue weighted by Gasteiger charge is 2.17. The van der Waals surface area contributed by atoms with Crippen LogP contribution in [-0.4, -0.2) is 41.8 Å². The first kappa shape index (κ1) is 15.7. The first-order chi connectivity index (χ1) is 9.47. The molecule has 0 aliphatic heterocycles. The number of aryl methyl sites for hydroxylation is 1. The summed E-state index contributed by atoms with van der Waals surface area (Å²) < 4.78 is 5.16. The average Bonchev–Trinajstić information content (AvgIpc) is 2.42. The number of nitrogens with one attached hydrogen (secondary N) is 1. The van der Waals surface area contributed by atoms with Crippen molar-refractivity contribution >= 4 is 18.0 Å². The summed E-state index contributed by atoms with van der Waals surface area (Å²) in [6.07, 6.45) is 2.72. The minimum absolute atomic E-state index is 0.602. The van der Waals surface area contributed by atoms with Crippen molar-refractivity contribution in [3.05, 3.63) is 35.4 Å². The molecule has 1 aromatic rings. The SMILES string of the molecule is COc1ccc(C)cc1/C=C/C(=O)N[C@H](CO)C(=O)O. The van der Waals surface area contributed by atoms with Crippen LogP contribution in [0.15, 0.2) is 24.3 Å². The van der Waals surface area contributed by atoms with Crippen LogP contribution in [-0.2, 0) is 9.59 Å². The van der Waals surface area contributed by atoms with Crippen LogP contribution in [0, 0.1) is 6.92 Å². The molecule has 1 aromatic carbocycles. The lowest BCUT2D eigenvalue weighted by atomic mass is 10.1. The van der Waals surface area contributed by atoms with Crippen molar-refractivity contribution in [2.24, 2.45) is 0 Å². The number of aliphatic hydroxyl groups is 1. The van der Waals surface area contributed by atoms with E-state index >= 15 is 0 Å². The fraction of sp³-hybridized carbons (Fsp3) is 0.286. The van der Waals surface area contributed by atoms with Gasteiger partial charge in [-0.15, -0.1) is 0 Å². The lowest BCUT2D eigenvalue weighted by molar-refractivity contribution is -0.142. The number of carboxylic acid groups (broad SMARTS) is 1. The van der Waals surface area contributed by atoms with Crippen molar-refractivity contribution in [1.29, 1.82) is 0 Å². The monoisotopic (exact) mass is 279 g/mol. The van der Waals surface area contributed by atoms with Crippen molar-refractivity contribution in [3.63, 3.8) is 0 Å². The van der Waals surface area contributed by atoms with E-state index < -0.39 is 24.5 Å². The van der Waals surface area contributed by atoms with Crippen LogP contribution in [0.2, 0.25) is 0 Å². The number of benzene rings is 1. The van der Waals surface area contributed by atoms with Crippen molar-refractivity contribution < 1.29 is 24.5 Å². The molecule has 0 aliphatic carbocycles. The van der Waals surface area contributed by atoms with E-state index in [2.05, 4.69) is 5.32 Å². The van der Waals surface area contributed by atoms with Gasteiger partial charge in [-0.05, 0) is 25.1 Å². The second-order valence-electron chi connectivity index (χ2n) is 4.16. The quantitative estimate of drug-likeness (QED) is 0.662. The van der Waals surface area contributed by atoms with Gasteiger partial charge in [0.1, 0.15) is 5.75 Å². The van der Waals surface area contributed by atoms with E-state index in [9.17, 15) is 9.59 Å². The molecule has 0 aliphatic rings. The molecule has 0 saturated carbocycles. The molecule has 0 radical (unpaired) electrons. The van der Waals surface area contributed by atoms with Gasteiger partial charge < -0.3 is 20.3 Å². The predicted octanol–water partition coefficient (Wildman–Crippen LogP) is 0.579. The third-order valence-corrected chi connectivity index (χ3v) is 2.60. The molecular weight excluding hydrogens is 262 g/mol. The highest BCUT2D eigenvalue weighted by molar-refractivity contribution is 5.94. The molecule has 6 heteroatoms. The zero-order chi connectivity index (χ0) is 15.1. The number of hydrogen-bond acceptors (Lipinski definition) is 4.